The summed E-state index contributed by atoms with van der Waals surface area (Å²) in [7, 11) is 3.81. The van der Waals surface area contributed by atoms with Crippen molar-refractivity contribution in [1.82, 2.24) is 20.0 Å². The zero-order chi connectivity index (χ0) is 22.9. The van der Waals surface area contributed by atoms with E-state index in [2.05, 4.69) is 29.1 Å². The zero-order valence-electron chi connectivity index (χ0n) is 20.0. The highest BCUT2D eigenvalue weighted by Crippen LogP contribution is 2.40. The van der Waals surface area contributed by atoms with Gasteiger partial charge in [-0.1, -0.05) is 31.5 Å². The quantitative estimate of drug-likeness (QED) is 0.562. The molecule has 1 aromatic rings. The Hall–Kier alpha value is -2.12. The van der Waals surface area contributed by atoms with Crippen molar-refractivity contribution in [2.24, 2.45) is 5.92 Å². The monoisotopic (exact) mass is 444 g/mol. The molecule has 3 rings (SSSR count). The number of likely N-dealkylation sites (N-methyl/N-ethyl adjacent to an activating group) is 1. The Morgan fingerprint density at radius 3 is 2.59 bits per heavy atom. The number of nitrogens with zero attached hydrogens (tertiary/aromatic N) is 3. The van der Waals surface area contributed by atoms with Crippen molar-refractivity contribution >= 4 is 11.8 Å². The normalized spacial score (nSPS) is 22.7. The van der Waals surface area contributed by atoms with Crippen molar-refractivity contribution in [1.29, 1.82) is 0 Å². The maximum Gasteiger partial charge on any atom is 0.225 e. The molecule has 2 fully saturated rings. The van der Waals surface area contributed by atoms with Crippen LogP contribution in [0.4, 0.5) is 0 Å². The number of piperidine rings is 1. The number of unbranched alkanes of at least 4 members (excludes halogenated alkanes) is 1. The second kappa shape index (κ2) is 12.2. The molecule has 7 heteroatoms. The number of ether oxygens (including phenoxy) is 1. The highest BCUT2D eigenvalue weighted by molar-refractivity contribution is 5.85. The van der Waals surface area contributed by atoms with Gasteiger partial charge in [0, 0.05) is 51.3 Å². The van der Waals surface area contributed by atoms with Crippen LogP contribution >= 0.6 is 0 Å². The van der Waals surface area contributed by atoms with Crippen LogP contribution in [0, 0.1) is 5.92 Å². The summed E-state index contributed by atoms with van der Waals surface area (Å²) in [6, 6.07) is 7.51. The van der Waals surface area contributed by atoms with Crippen LogP contribution in [-0.4, -0.2) is 86.5 Å². The Kier molecular flexibility index (Phi) is 9.36. The molecule has 2 aliphatic heterocycles. The van der Waals surface area contributed by atoms with Crippen molar-refractivity contribution in [2.75, 3.05) is 60.0 Å². The Morgan fingerprint density at radius 2 is 1.88 bits per heavy atom. The van der Waals surface area contributed by atoms with E-state index < -0.39 is 0 Å². The summed E-state index contributed by atoms with van der Waals surface area (Å²) in [6.45, 7) is 8.88. The summed E-state index contributed by atoms with van der Waals surface area (Å²) in [5, 5.41) is 3.17. The molecule has 0 radical (unpaired) electrons. The number of likely N-dealkylation sites (tertiary alicyclic amines) is 1. The number of nitrogens with one attached hydrogen (secondary N) is 1. The first-order chi connectivity index (χ1) is 15.5. The summed E-state index contributed by atoms with van der Waals surface area (Å²) in [5.41, 5.74) is 0.928. The highest BCUT2D eigenvalue weighted by Gasteiger charge is 2.41. The SMILES string of the molecule is CCCCN1C(=O)CCC(C(=O)NCCCN2CCN(C)CC2)C1c1ccccc1OC. The van der Waals surface area contributed by atoms with Gasteiger partial charge in [0.1, 0.15) is 5.75 Å². The standard InChI is InChI=1S/C25H40N4O3/c1-4-5-15-29-23(30)12-11-21(24(29)20-9-6-7-10-22(20)32-3)25(31)26-13-8-14-28-18-16-27(2)17-19-28/h6-7,9-10,21,24H,4-5,8,11-19H2,1-3H3,(H,26,31). The van der Waals surface area contributed by atoms with E-state index in [9.17, 15) is 9.59 Å². The number of benzene rings is 1. The van der Waals surface area contributed by atoms with Gasteiger partial charge < -0.3 is 24.8 Å². The summed E-state index contributed by atoms with van der Waals surface area (Å²) < 4.78 is 5.61. The van der Waals surface area contributed by atoms with Gasteiger partial charge in [0.15, 0.2) is 0 Å². The molecule has 0 aromatic heterocycles. The second-order valence-electron chi connectivity index (χ2n) is 9.06. The van der Waals surface area contributed by atoms with E-state index in [-0.39, 0.29) is 23.8 Å². The summed E-state index contributed by atoms with van der Waals surface area (Å²) in [6.07, 6.45) is 3.88. The van der Waals surface area contributed by atoms with Crippen LogP contribution in [0.15, 0.2) is 24.3 Å². The number of rotatable bonds is 10. The molecule has 2 atom stereocenters. The Morgan fingerprint density at radius 1 is 1.12 bits per heavy atom. The molecule has 0 bridgehead atoms. The van der Waals surface area contributed by atoms with Gasteiger partial charge in [-0.05, 0) is 38.9 Å². The van der Waals surface area contributed by atoms with Gasteiger partial charge in [0.25, 0.3) is 0 Å². The maximum atomic E-state index is 13.3. The molecule has 32 heavy (non-hydrogen) atoms. The van der Waals surface area contributed by atoms with Crippen LogP contribution in [0.2, 0.25) is 0 Å². The third-order valence-electron chi connectivity index (χ3n) is 6.80. The topological polar surface area (TPSA) is 65.1 Å². The van der Waals surface area contributed by atoms with E-state index in [0.717, 1.165) is 63.3 Å². The van der Waals surface area contributed by atoms with Crippen LogP contribution in [0.5, 0.6) is 5.75 Å². The average Bonchev–Trinajstić information content (AvgIpc) is 2.81. The van der Waals surface area contributed by atoms with Crippen LogP contribution < -0.4 is 10.1 Å². The predicted molar refractivity (Wildman–Crippen MR) is 127 cm³/mol. The molecule has 2 amide bonds. The van der Waals surface area contributed by atoms with Crippen molar-refractivity contribution in [2.45, 2.75) is 45.1 Å². The molecule has 0 spiro atoms. The zero-order valence-corrected chi connectivity index (χ0v) is 20.0. The lowest BCUT2D eigenvalue weighted by atomic mass is 9.83. The Balaban J connectivity index is 1.66. The molecule has 2 aliphatic rings. The molecule has 178 valence electrons. The van der Waals surface area contributed by atoms with Gasteiger partial charge in [-0.2, -0.15) is 0 Å². The van der Waals surface area contributed by atoms with E-state index in [4.69, 9.17) is 4.74 Å². The Labute approximate surface area is 193 Å². The van der Waals surface area contributed by atoms with Gasteiger partial charge in [-0.15, -0.1) is 0 Å². The number of para-hydroxylation sites is 1. The molecule has 7 nitrogen and oxygen atoms in total. The minimum absolute atomic E-state index is 0.0493. The largest absolute Gasteiger partial charge is 0.496 e. The lowest BCUT2D eigenvalue weighted by Crippen LogP contribution is -2.49. The number of piperazine rings is 1. The van der Waals surface area contributed by atoms with E-state index in [1.165, 1.54) is 0 Å². The van der Waals surface area contributed by atoms with Crippen LogP contribution in [0.3, 0.4) is 0 Å². The minimum Gasteiger partial charge on any atom is -0.496 e. The highest BCUT2D eigenvalue weighted by atomic mass is 16.5. The molecular formula is C25H40N4O3. The molecular weight excluding hydrogens is 404 g/mol. The van der Waals surface area contributed by atoms with Crippen molar-refractivity contribution < 1.29 is 14.3 Å². The fraction of sp³-hybridized carbons (Fsp3) is 0.680. The smallest absolute Gasteiger partial charge is 0.225 e. The molecule has 1 aromatic carbocycles. The van der Waals surface area contributed by atoms with Crippen molar-refractivity contribution in [3.8, 4) is 5.75 Å². The van der Waals surface area contributed by atoms with Gasteiger partial charge in [-0.3, -0.25) is 9.59 Å². The average molecular weight is 445 g/mol. The third-order valence-corrected chi connectivity index (χ3v) is 6.80. The van der Waals surface area contributed by atoms with Crippen molar-refractivity contribution in [3.05, 3.63) is 29.8 Å². The van der Waals surface area contributed by atoms with E-state index in [1.54, 1.807) is 7.11 Å². The first-order valence-corrected chi connectivity index (χ1v) is 12.2. The number of methoxy groups -OCH3 is 1. The Bertz CT molecular complexity index is 748. The molecule has 2 saturated heterocycles. The van der Waals surface area contributed by atoms with Gasteiger partial charge in [0.05, 0.1) is 19.1 Å². The summed E-state index contributed by atoms with van der Waals surface area (Å²) in [4.78, 5) is 32.9. The number of amides is 2. The lowest BCUT2D eigenvalue weighted by Gasteiger charge is -2.41. The fourth-order valence-electron chi connectivity index (χ4n) is 4.83. The van der Waals surface area contributed by atoms with E-state index in [1.807, 2.05) is 29.2 Å². The number of hydrogen-bond acceptors (Lipinski definition) is 5. The maximum absolute atomic E-state index is 13.3. The summed E-state index contributed by atoms with van der Waals surface area (Å²) >= 11 is 0. The van der Waals surface area contributed by atoms with Gasteiger partial charge in [-0.25, -0.2) is 0 Å². The van der Waals surface area contributed by atoms with E-state index in [0.29, 0.717) is 25.9 Å². The minimum atomic E-state index is -0.281. The first kappa shape index (κ1) is 24.5. The molecule has 1 N–H and O–H groups in total. The fourth-order valence-corrected chi connectivity index (χ4v) is 4.83. The second-order valence-corrected chi connectivity index (χ2v) is 9.06. The predicted octanol–water partition coefficient (Wildman–Crippen LogP) is 2.53. The third kappa shape index (κ3) is 6.23. The number of carbonyl (C=O) groups is 2. The summed E-state index contributed by atoms with van der Waals surface area (Å²) in [5.74, 6) is 0.660. The van der Waals surface area contributed by atoms with Gasteiger partial charge in [0.2, 0.25) is 11.8 Å². The van der Waals surface area contributed by atoms with Crippen LogP contribution in [0.25, 0.3) is 0 Å². The lowest BCUT2D eigenvalue weighted by molar-refractivity contribution is -0.143. The van der Waals surface area contributed by atoms with Crippen molar-refractivity contribution in [3.63, 3.8) is 0 Å². The van der Waals surface area contributed by atoms with E-state index >= 15 is 0 Å². The number of hydrogen-bond donors (Lipinski definition) is 1. The van der Waals surface area contributed by atoms with Crippen LogP contribution in [0.1, 0.15) is 50.6 Å². The van der Waals surface area contributed by atoms with Crippen LogP contribution in [-0.2, 0) is 9.59 Å². The molecule has 2 heterocycles. The molecule has 2 unspecified atom stereocenters. The van der Waals surface area contributed by atoms with Gasteiger partial charge >= 0.3 is 0 Å². The number of carbonyl (C=O) groups excluding carboxylic acids is 2. The molecule has 0 aliphatic carbocycles. The molecule has 0 saturated carbocycles. The first-order valence-electron chi connectivity index (χ1n) is 12.2.